The summed E-state index contributed by atoms with van der Waals surface area (Å²) in [6.45, 7) is 0. The summed E-state index contributed by atoms with van der Waals surface area (Å²) in [5.74, 6) is -7.16. The number of carbonyl (C=O) groups excluding carboxylic acids is 6. The number of hydrogen-bond donors (Lipinski definition) is 2. The lowest BCUT2D eigenvalue weighted by Crippen LogP contribution is -2.51. The van der Waals surface area contributed by atoms with Crippen molar-refractivity contribution >= 4 is 46.8 Å². The zero-order chi connectivity index (χ0) is 35.1. The normalized spacial score (nSPS) is 16.9. The van der Waals surface area contributed by atoms with E-state index in [9.17, 15) is 55.1 Å². The predicted octanol–water partition coefficient (Wildman–Crippen LogP) is 5.15. The number of esters is 4. The van der Waals surface area contributed by atoms with E-state index in [1.807, 2.05) is 0 Å². The Morgan fingerprint density at radius 1 is 0.583 bits per heavy atom. The summed E-state index contributed by atoms with van der Waals surface area (Å²) in [5, 5.41) is 0. The first-order valence-corrected chi connectivity index (χ1v) is 13.5. The lowest BCUT2D eigenvalue weighted by Gasteiger charge is -2.42. The predicted molar refractivity (Wildman–Crippen MR) is 150 cm³/mol. The van der Waals surface area contributed by atoms with Crippen LogP contribution < -0.4 is 11.5 Å². The number of nitrogens with two attached hydrogens (primary N) is 2. The first kappa shape index (κ1) is 31.9. The Kier molecular flexibility index (Phi) is 6.97. The Bertz CT molecular complexity index is 2100. The molecule has 10 nitrogen and oxygen atoms in total. The molecule has 2 heterocycles. The molecule has 0 bridgehead atoms. The highest BCUT2D eigenvalue weighted by Gasteiger charge is 2.73. The van der Waals surface area contributed by atoms with E-state index in [4.69, 9.17) is 11.5 Å². The van der Waals surface area contributed by atoms with Gasteiger partial charge in [0.15, 0.2) is 5.41 Å². The van der Waals surface area contributed by atoms with E-state index in [1.54, 1.807) is 0 Å². The summed E-state index contributed by atoms with van der Waals surface area (Å²) in [7, 11) is 0. The molecule has 0 atom stereocenters. The van der Waals surface area contributed by atoms with Crippen LogP contribution in [0.25, 0.3) is 22.3 Å². The molecule has 244 valence electrons. The third-order valence-electron chi connectivity index (χ3n) is 8.30. The van der Waals surface area contributed by atoms with Gasteiger partial charge in [-0.1, -0.05) is 36.4 Å². The molecule has 16 heteroatoms. The topological polar surface area (TPSA) is 173 Å². The van der Waals surface area contributed by atoms with Gasteiger partial charge < -0.3 is 20.9 Å². The van der Waals surface area contributed by atoms with Gasteiger partial charge in [-0.2, -0.15) is 26.3 Å². The van der Waals surface area contributed by atoms with Crippen LogP contribution >= 0.6 is 0 Å². The van der Waals surface area contributed by atoms with E-state index in [0.29, 0.717) is 6.08 Å². The molecule has 0 spiro atoms. The van der Waals surface area contributed by atoms with Crippen molar-refractivity contribution in [2.24, 2.45) is 16.9 Å². The number of allylic oxidation sites excluding steroid dienone is 4. The molecule has 4 N–H and O–H groups in total. The second-order valence-electron chi connectivity index (χ2n) is 10.8. The van der Waals surface area contributed by atoms with E-state index in [1.165, 1.54) is 0 Å². The van der Waals surface area contributed by atoms with E-state index >= 15 is 0 Å². The zero-order valence-electron chi connectivity index (χ0n) is 23.7. The second kappa shape index (κ2) is 10.5. The average Bonchev–Trinajstić information content (AvgIpc) is 3.47. The van der Waals surface area contributed by atoms with Crippen LogP contribution in [0.1, 0.15) is 79.7 Å². The Morgan fingerprint density at radius 3 is 1.48 bits per heavy atom. The maximum absolute atomic E-state index is 14.9. The van der Waals surface area contributed by atoms with Crippen LogP contribution in [0.2, 0.25) is 0 Å². The molecule has 0 fully saturated rings. The molecule has 48 heavy (non-hydrogen) atoms. The molecule has 0 saturated carbocycles. The first-order chi connectivity index (χ1) is 22.4. The van der Waals surface area contributed by atoms with E-state index < -0.39 is 98.8 Å². The van der Waals surface area contributed by atoms with Crippen LogP contribution in [-0.4, -0.2) is 48.0 Å². The lowest BCUT2D eigenvalue weighted by atomic mass is 9.66. The number of fused-ring (bicyclic) bond motifs is 2. The van der Waals surface area contributed by atoms with Gasteiger partial charge in [0.05, 0.1) is 22.3 Å². The van der Waals surface area contributed by atoms with Crippen LogP contribution in [0.4, 0.5) is 26.3 Å². The molecule has 0 radical (unpaired) electrons. The zero-order valence-corrected chi connectivity index (χ0v) is 23.7. The van der Waals surface area contributed by atoms with Gasteiger partial charge in [-0.25, -0.2) is 19.2 Å². The molecule has 0 saturated heterocycles. The van der Waals surface area contributed by atoms with E-state index in [-0.39, 0.29) is 27.8 Å². The van der Waals surface area contributed by atoms with E-state index in [0.717, 1.165) is 54.6 Å². The smallest absolute Gasteiger partial charge is 0.386 e. The minimum Gasteiger partial charge on any atom is -0.386 e. The minimum atomic E-state index is -6.04. The van der Waals surface area contributed by atoms with Crippen molar-refractivity contribution < 1.29 is 64.6 Å². The molecule has 3 aliphatic rings. The quantitative estimate of drug-likeness (QED) is 0.213. The van der Waals surface area contributed by atoms with Crippen molar-refractivity contribution in [3.63, 3.8) is 0 Å². The van der Waals surface area contributed by atoms with Crippen molar-refractivity contribution in [3.05, 3.63) is 105 Å². The highest BCUT2D eigenvalue weighted by atomic mass is 19.4. The summed E-state index contributed by atoms with van der Waals surface area (Å²) in [5.41, 5.74) is -0.226. The highest BCUT2D eigenvalue weighted by Crippen LogP contribution is 2.63. The third kappa shape index (κ3) is 4.51. The fraction of sp³-hybridized carbons (Fsp3) is 0.125. The number of carbonyl (C=O) groups is 6. The lowest BCUT2D eigenvalue weighted by molar-refractivity contribution is -0.314. The van der Waals surface area contributed by atoms with Crippen LogP contribution in [0, 0.1) is 5.41 Å². The van der Waals surface area contributed by atoms with Crippen LogP contribution in [-0.2, 0) is 9.47 Å². The molecule has 3 aromatic rings. The van der Waals surface area contributed by atoms with Crippen LogP contribution in [0.3, 0.4) is 0 Å². The van der Waals surface area contributed by atoms with Crippen molar-refractivity contribution in [2.45, 2.75) is 18.8 Å². The Morgan fingerprint density at radius 2 is 1.02 bits per heavy atom. The van der Waals surface area contributed by atoms with Crippen molar-refractivity contribution in [1.29, 1.82) is 0 Å². The first-order valence-electron chi connectivity index (χ1n) is 13.5. The van der Waals surface area contributed by atoms with Gasteiger partial charge in [0, 0.05) is 28.7 Å². The Labute approximate surface area is 263 Å². The molecule has 2 aliphatic heterocycles. The number of amides is 2. The third-order valence-corrected chi connectivity index (χ3v) is 8.30. The molecule has 1 aliphatic carbocycles. The second-order valence-corrected chi connectivity index (χ2v) is 10.8. The summed E-state index contributed by atoms with van der Waals surface area (Å²) in [6, 6.07) is 7.88. The fourth-order valence-electron chi connectivity index (χ4n) is 6.16. The van der Waals surface area contributed by atoms with Gasteiger partial charge in [-0.3, -0.25) is 9.59 Å². The summed E-state index contributed by atoms with van der Waals surface area (Å²) < 4.78 is 98.7. The number of primary amides is 2. The maximum atomic E-state index is 14.9. The Hall–Kier alpha value is -6.06. The van der Waals surface area contributed by atoms with Gasteiger partial charge >= 0.3 is 36.2 Å². The molecular weight excluding hydrogens is 654 g/mol. The number of ether oxygens (including phenoxy) is 2. The number of hydrogen-bond acceptors (Lipinski definition) is 8. The largest absolute Gasteiger partial charge is 0.407 e. The number of benzene rings is 3. The van der Waals surface area contributed by atoms with Crippen LogP contribution in [0.15, 0.2) is 60.7 Å². The number of cyclic esters (lactones) is 4. The highest BCUT2D eigenvalue weighted by molar-refractivity contribution is 6.21. The van der Waals surface area contributed by atoms with Gasteiger partial charge in [-0.05, 0) is 46.5 Å². The Balaban J connectivity index is 1.57. The van der Waals surface area contributed by atoms with Crippen LogP contribution in [0.5, 0.6) is 0 Å². The molecule has 3 aromatic carbocycles. The SMILES string of the molecule is NC(=O)c1ccc2c(c1C1=CC=C(c3ccc(-c4c(C(N)=O)ccc5c4C(=O)OC5=O)cc3)C(C(F)(F)F)(C(F)(F)F)C1)C(=O)OC2=O. The van der Waals surface area contributed by atoms with E-state index in [2.05, 4.69) is 9.47 Å². The van der Waals surface area contributed by atoms with Crippen molar-refractivity contribution in [3.8, 4) is 11.1 Å². The molecule has 2 amide bonds. The number of halogens is 6. The molecular formula is C32H16F6N2O8. The summed E-state index contributed by atoms with van der Waals surface area (Å²) >= 11 is 0. The van der Waals surface area contributed by atoms with Gasteiger partial charge in [0.25, 0.3) is 0 Å². The molecule has 0 aromatic heterocycles. The monoisotopic (exact) mass is 670 g/mol. The van der Waals surface area contributed by atoms with Gasteiger partial charge in [0.1, 0.15) is 0 Å². The minimum absolute atomic E-state index is 0.0672. The number of rotatable bonds is 5. The average molecular weight is 670 g/mol. The number of alkyl halides is 6. The molecule has 6 rings (SSSR count). The summed E-state index contributed by atoms with van der Waals surface area (Å²) in [6.07, 6.45) is -12.6. The summed E-state index contributed by atoms with van der Waals surface area (Å²) in [4.78, 5) is 73.6. The van der Waals surface area contributed by atoms with Crippen molar-refractivity contribution in [1.82, 2.24) is 0 Å². The van der Waals surface area contributed by atoms with Gasteiger partial charge in [0.2, 0.25) is 11.8 Å². The standard InChI is InChI=1S/C32H16F6N2O8/c33-31(34,35)30(32(36,37)38)11-14(21-16(25(40)42)7-9-18-23(21)29(46)48-27(18)44)5-10-19(30)12-1-3-13(4-2-12)20-15(24(39)41)6-8-17-22(20)28(45)47-26(17)43/h1-10H,11H2,(H2,39,41)(H2,40,42). The van der Waals surface area contributed by atoms with Crippen molar-refractivity contribution in [2.75, 3.05) is 0 Å². The van der Waals surface area contributed by atoms with Gasteiger partial charge in [-0.15, -0.1) is 0 Å². The fourth-order valence-corrected chi connectivity index (χ4v) is 6.16. The maximum Gasteiger partial charge on any atom is 0.407 e. The molecule has 0 unspecified atom stereocenters.